The molecule has 0 N–H and O–H groups in total. The van der Waals surface area contributed by atoms with E-state index >= 15 is 0 Å². The Morgan fingerprint density at radius 2 is 0.850 bits per heavy atom. The second-order valence-corrected chi connectivity index (χ2v) is 3.83. The molecule has 0 aromatic heterocycles. The predicted molar refractivity (Wildman–Crippen MR) is 76.2 cm³/mol. The zero-order valence-electron chi connectivity index (χ0n) is 12.7. The standard InChI is InChI=1S/C14H28O6/c1-15-7-9-19-13-11-17-5-3-4-6-18-12-14-20-10-8-16-2/h3-4H,5-14H2,1-2H3/b4-3+. The molecule has 0 aliphatic carbocycles. The van der Waals surface area contributed by atoms with Gasteiger partial charge in [0.2, 0.25) is 0 Å². The van der Waals surface area contributed by atoms with E-state index in [1.807, 2.05) is 12.2 Å². The molecule has 120 valence electrons. The maximum Gasteiger partial charge on any atom is 0.0704 e. The fourth-order valence-electron chi connectivity index (χ4n) is 1.16. The Hall–Kier alpha value is -0.500. The Morgan fingerprint density at radius 3 is 1.25 bits per heavy atom. The van der Waals surface area contributed by atoms with Gasteiger partial charge in [-0.2, -0.15) is 0 Å². The summed E-state index contributed by atoms with van der Waals surface area (Å²) < 4.78 is 30.9. The first-order valence-electron chi connectivity index (χ1n) is 6.85. The first-order valence-corrected chi connectivity index (χ1v) is 6.85. The van der Waals surface area contributed by atoms with Crippen molar-refractivity contribution in [1.82, 2.24) is 0 Å². The van der Waals surface area contributed by atoms with E-state index in [1.54, 1.807) is 14.2 Å². The van der Waals surface area contributed by atoms with E-state index in [1.165, 1.54) is 0 Å². The van der Waals surface area contributed by atoms with E-state index in [-0.39, 0.29) is 0 Å². The maximum absolute atomic E-state index is 5.34. The van der Waals surface area contributed by atoms with Crippen molar-refractivity contribution < 1.29 is 28.4 Å². The molecule has 0 unspecified atom stereocenters. The van der Waals surface area contributed by atoms with Gasteiger partial charge < -0.3 is 28.4 Å². The quantitative estimate of drug-likeness (QED) is 0.311. The molecule has 0 aromatic rings. The highest BCUT2D eigenvalue weighted by Gasteiger charge is 1.89. The Bertz CT molecular complexity index is 178. The number of rotatable bonds is 16. The smallest absolute Gasteiger partial charge is 0.0704 e. The second-order valence-electron chi connectivity index (χ2n) is 3.83. The summed E-state index contributed by atoms with van der Waals surface area (Å²) in [7, 11) is 3.30. The lowest BCUT2D eigenvalue weighted by Crippen LogP contribution is -2.09. The molecule has 0 aliphatic heterocycles. The predicted octanol–water partition coefficient (Wildman–Crippen LogP) is 0.902. The van der Waals surface area contributed by atoms with Crippen molar-refractivity contribution in [3.63, 3.8) is 0 Å². The fraction of sp³-hybridized carbons (Fsp3) is 0.857. The number of methoxy groups -OCH3 is 2. The Labute approximate surface area is 121 Å². The molecule has 0 aliphatic rings. The molecule has 6 heteroatoms. The average molecular weight is 292 g/mol. The minimum Gasteiger partial charge on any atom is -0.382 e. The van der Waals surface area contributed by atoms with Gasteiger partial charge in [0.15, 0.2) is 0 Å². The van der Waals surface area contributed by atoms with Gasteiger partial charge >= 0.3 is 0 Å². The van der Waals surface area contributed by atoms with Crippen LogP contribution in [-0.2, 0) is 28.4 Å². The molecule has 0 saturated heterocycles. The van der Waals surface area contributed by atoms with E-state index in [4.69, 9.17) is 28.4 Å². The van der Waals surface area contributed by atoms with Crippen molar-refractivity contribution in [3.8, 4) is 0 Å². The molecule has 0 saturated carbocycles. The summed E-state index contributed by atoms with van der Waals surface area (Å²) in [4.78, 5) is 0. The van der Waals surface area contributed by atoms with Crippen molar-refractivity contribution in [3.05, 3.63) is 12.2 Å². The van der Waals surface area contributed by atoms with Crippen LogP contribution in [0, 0.1) is 0 Å². The molecular formula is C14H28O6. The molecule has 20 heavy (non-hydrogen) atoms. The molecule has 0 spiro atoms. The van der Waals surface area contributed by atoms with Gasteiger partial charge in [0.05, 0.1) is 66.1 Å². The van der Waals surface area contributed by atoms with Crippen molar-refractivity contribution >= 4 is 0 Å². The van der Waals surface area contributed by atoms with Gasteiger partial charge in [-0.25, -0.2) is 0 Å². The van der Waals surface area contributed by atoms with Gasteiger partial charge in [-0.15, -0.1) is 0 Å². The monoisotopic (exact) mass is 292 g/mol. The third-order valence-electron chi connectivity index (χ3n) is 2.20. The van der Waals surface area contributed by atoms with E-state index in [9.17, 15) is 0 Å². The van der Waals surface area contributed by atoms with Crippen LogP contribution in [0.5, 0.6) is 0 Å². The van der Waals surface area contributed by atoms with Crippen molar-refractivity contribution in [2.75, 3.05) is 80.3 Å². The molecule has 0 bridgehead atoms. The minimum absolute atomic E-state index is 0.571. The summed E-state index contributed by atoms with van der Waals surface area (Å²) in [5.41, 5.74) is 0. The van der Waals surface area contributed by atoms with Crippen LogP contribution >= 0.6 is 0 Å². The molecule has 0 aromatic carbocycles. The Morgan fingerprint density at radius 1 is 0.500 bits per heavy atom. The van der Waals surface area contributed by atoms with Crippen LogP contribution in [0.2, 0.25) is 0 Å². The van der Waals surface area contributed by atoms with Crippen LogP contribution in [-0.4, -0.2) is 80.3 Å². The maximum atomic E-state index is 5.34. The summed E-state index contributed by atoms with van der Waals surface area (Å²) in [6.07, 6.45) is 3.86. The van der Waals surface area contributed by atoms with Crippen LogP contribution in [0.1, 0.15) is 0 Å². The SMILES string of the molecule is COCCOCCOC/C=C/COCCOCCOC. The highest BCUT2D eigenvalue weighted by Crippen LogP contribution is 1.84. The lowest BCUT2D eigenvalue weighted by Gasteiger charge is -2.04. The normalized spacial score (nSPS) is 11.5. The fourth-order valence-corrected chi connectivity index (χ4v) is 1.16. The van der Waals surface area contributed by atoms with Gasteiger partial charge in [0, 0.05) is 14.2 Å². The molecule has 0 radical (unpaired) electrons. The highest BCUT2D eigenvalue weighted by atomic mass is 16.5. The van der Waals surface area contributed by atoms with E-state index in [0.717, 1.165) is 0 Å². The van der Waals surface area contributed by atoms with Gasteiger partial charge in [-0.1, -0.05) is 12.2 Å². The zero-order valence-corrected chi connectivity index (χ0v) is 12.7. The lowest BCUT2D eigenvalue weighted by atomic mass is 10.5. The largest absolute Gasteiger partial charge is 0.382 e. The highest BCUT2D eigenvalue weighted by molar-refractivity contribution is 4.81. The van der Waals surface area contributed by atoms with Crippen LogP contribution < -0.4 is 0 Å². The minimum atomic E-state index is 0.571. The summed E-state index contributed by atoms with van der Waals surface area (Å²) in [5.74, 6) is 0. The van der Waals surface area contributed by atoms with Gasteiger partial charge in [-0.05, 0) is 0 Å². The molecule has 0 atom stereocenters. The van der Waals surface area contributed by atoms with Crippen LogP contribution in [0.15, 0.2) is 12.2 Å². The molecule has 0 heterocycles. The van der Waals surface area contributed by atoms with Crippen LogP contribution in [0.3, 0.4) is 0 Å². The summed E-state index contributed by atoms with van der Waals surface area (Å²) >= 11 is 0. The van der Waals surface area contributed by atoms with Crippen molar-refractivity contribution in [1.29, 1.82) is 0 Å². The molecule has 0 amide bonds. The molecular weight excluding hydrogens is 264 g/mol. The van der Waals surface area contributed by atoms with Gasteiger partial charge in [-0.3, -0.25) is 0 Å². The topological polar surface area (TPSA) is 55.4 Å². The Balaban J connectivity index is 3.01. The second kappa shape index (κ2) is 18.5. The first-order chi connectivity index (χ1) is 9.91. The number of ether oxygens (including phenoxy) is 6. The van der Waals surface area contributed by atoms with E-state index in [2.05, 4.69) is 0 Å². The molecule has 0 rings (SSSR count). The lowest BCUT2D eigenvalue weighted by molar-refractivity contribution is 0.0295. The average Bonchev–Trinajstić information content (AvgIpc) is 2.47. The first kappa shape index (κ1) is 19.5. The van der Waals surface area contributed by atoms with Gasteiger partial charge in [0.25, 0.3) is 0 Å². The van der Waals surface area contributed by atoms with Gasteiger partial charge in [0.1, 0.15) is 0 Å². The third-order valence-corrected chi connectivity index (χ3v) is 2.20. The summed E-state index contributed by atoms with van der Waals surface area (Å²) in [6.45, 7) is 5.94. The van der Waals surface area contributed by atoms with Crippen molar-refractivity contribution in [2.24, 2.45) is 0 Å². The van der Waals surface area contributed by atoms with E-state index in [0.29, 0.717) is 66.1 Å². The third kappa shape index (κ3) is 17.5. The number of hydrogen-bond acceptors (Lipinski definition) is 6. The van der Waals surface area contributed by atoms with Crippen LogP contribution in [0.4, 0.5) is 0 Å². The number of hydrogen-bond donors (Lipinski definition) is 0. The zero-order chi connectivity index (χ0) is 14.7. The van der Waals surface area contributed by atoms with E-state index < -0.39 is 0 Å². The Kier molecular flexibility index (Phi) is 18.0. The summed E-state index contributed by atoms with van der Waals surface area (Å²) in [5, 5.41) is 0. The van der Waals surface area contributed by atoms with Crippen LogP contribution in [0.25, 0.3) is 0 Å². The summed E-state index contributed by atoms with van der Waals surface area (Å²) in [6, 6.07) is 0. The molecule has 6 nitrogen and oxygen atoms in total. The van der Waals surface area contributed by atoms with Crippen molar-refractivity contribution in [2.45, 2.75) is 0 Å². The molecule has 0 fully saturated rings.